The number of hydrogen-bond donors (Lipinski definition) is 1. The van der Waals surface area contributed by atoms with Crippen LogP contribution in [0.4, 0.5) is 5.69 Å². The molecular formula is C18H27NS. The highest BCUT2D eigenvalue weighted by Gasteiger charge is 2.30. The molecule has 0 saturated heterocycles. The van der Waals surface area contributed by atoms with E-state index in [0.29, 0.717) is 6.04 Å². The molecule has 2 heteroatoms. The van der Waals surface area contributed by atoms with E-state index in [0.717, 1.165) is 17.1 Å². The summed E-state index contributed by atoms with van der Waals surface area (Å²) in [6.07, 6.45) is 8.35. The molecule has 0 spiro atoms. The van der Waals surface area contributed by atoms with Gasteiger partial charge in [-0.15, -0.1) is 11.8 Å². The van der Waals surface area contributed by atoms with E-state index >= 15 is 0 Å². The first-order valence-corrected chi connectivity index (χ1v) is 9.12. The molecule has 20 heavy (non-hydrogen) atoms. The zero-order valence-corrected chi connectivity index (χ0v) is 13.6. The van der Waals surface area contributed by atoms with Gasteiger partial charge in [0.2, 0.25) is 0 Å². The van der Waals surface area contributed by atoms with Gasteiger partial charge < -0.3 is 5.32 Å². The van der Waals surface area contributed by atoms with Crippen molar-refractivity contribution >= 4 is 17.4 Å². The van der Waals surface area contributed by atoms with Crippen LogP contribution in [0.5, 0.6) is 0 Å². The number of rotatable bonds is 5. The predicted octanol–water partition coefficient (Wildman–Crippen LogP) is 5.57. The summed E-state index contributed by atoms with van der Waals surface area (Å²) >= 11 is 2.08. The third kappa shape index (κ3) is 3.52. The summed E-state index contributed by atoms with van der Waals surface area (Å²) in [6, 6.07) is 9.82. The van der Waals surface area contributed by atoms with Gasteiger partial charge in [-0.05, 0) is 61.8 Å². The number of hydrogen-bond acceptors (Lipinski definition) is 2. The molecule has 0 aliphatic heterocycles. The molecule has 0 amide bonds. The minimum atomic E-state index is 0.704. The average molecular weight is 289 g/mol. The molecule has 110 valence electrons. The van der Waals surface area contributed by atoms with Gasteiger partial charge in [-0.25, -0.2) is 0 Å². The molecule has 1 aromatic carbocycles. The summed E-state index contributed by atoms with van der Waals surface area (Å²) in [5.41, 5.74) is 1.30. The molecule has 0 bridgehead atoms. The fourth-order valence-electron chi connectivity index (χ4n) is 3.39. The van der Waals surface area contributed by atoms with Crippen LogP contribution >= 0.6 is 11.8 Å². The quantitative estimate of drug-likeness (QED) is 0.760. The molecule has 0 aromatic heterocycles. The van der Waals surface area contributed by atoms with Crippen LogP contribution in [0, 0.1) is 11.8 Å². The van der Waals surface area contributed by atoms with Crippen molar-refractivity contribution in [2.75, 3.05) is 5.32 Å². The molecular weight excluding hydrogens is 262 g/mol. The molecule has 0 radical (unpaired) electrons. The standard InChI is InChI=1S/C18H27NS/c1-13(2)14-11-16(12-14)19-15-7-9-18(10-8-15)20-17-5-3-4-6-17/h7-10,13-14,16-17,19H,3-6,11-12H2,1-2H3. The molecule has 3 rings (SSSR count). The highest BCUT2D eigenvalue weighted by Crippen LogP contribution is 2.37. The van der Waals surface area contributed by atoms with Gasteiger partial charge in [0.1, 0.15) is 0 Å². The van der Waals surface area contributed by atoms with Crippen LogP contribution in [-0.2, 0) is 0 Å². The van der Waals surface area contributed by atoms with Gasteiger partial charge in [0.15, 0.2) is 0 Å². The van der Waals surface area contributed by atoms with Crippen LogP contribution in [-0.4, -0.2) is 11.3 Å². The minimum Gasteiger partial charge on any atom is -0.382 e. The van der Waals surface area contributed by atoms with Crippen molar-refractivity contribution in [3.05, 3.63) is 24.3 Å². The normalized spacial score (nSPS) is 26.8. The third-order valence-corrected chi connectivity index (χ3v) is 6.30. The second-order valence-corrected chi connectivity index (χ2v) is 8.24. The van der Waals surface area contributed by atoms with E-state index in [2.05, 4.69) is 55.2 Å². The average Bonchev–Trinajstić information content (AvgIpc) is 2.87. The lowest BCUT2D eigenvalue weighted by Gasteiger charge is -2.39. The Bertz CT molecular complexity index is 414. The lowest BCUT2D eigenvalue weighted by atomic mass is 9.73. The van der Waals surface area contributed by atoms with E-state index in [4.69, 9.17) is 0 Å². The van der Waals surface area contributed by atoms with Crippen molar-refractivity contribution in [2.24, 2.45) is 11.8 Å². The number of anilines is 1. The zero-order chi connectivity index (χ0) is 13.9. The Kier molecular flexibility index (Phi) is 4.60. The number of benzene rings is 1. The van der Waals surface area contributed by atoms with Crippen LogP contribution in [0.2, 0.25) is 0 Å². The first-order valence-electron chi connectivity index (χ1n) is 8.24. The van der Waals surface area contributed by atoms with Gasteiger partial charge in [-0.1, -0.05) is 26.7 Å². The number of thioether (sulfide) groups is 1. The van der Waals surface area contributed by atoms with E-state index in [1.54, 1.807) is 0 Å². The third-order valence-electron chi connectivity index (χ3n) is 4.95. The van der Waals surface area contributed by atoms with Gasteiger partial charge in [0, 0.05) is 21.9 Å². The van der Waals surface area contributed by atoms with E-state index < -0.39 is 0 Å². The Morgan fingerprint density at radius 2 is 1.70 bits per heavy atom. The molecule has 2 aliphatic carbocycles. The lowest BCUT2D eigenvalue weighted by molar-refractivity contribution is 0.212. The highest BCUT2D eigenvalue weighted by molar-refractivity contribution is 8.00. The fourth-order valence-corrected chi connectivity index (χ4v) is 4.64. The van der Waals surface area contributed by atoms with Gasteiger partial charge in [0.05, 0.1) is 0 Å². The first-order chi connectivity index (χ1) is 9.70. The van der Waals surface area contributed by atoms with Crippen molar-refractivity contribution in [1.29, 1.82) is 0 Å². The maximum atomic E-state index is 3.67. The molecule has 0 unspecified atom stereocenters. The SMILES string of the molecule is CC(C)C1CC(Nc2ccc(SC3CCCC3)cc2)C1. The van der Waals surface area contributed by atoms with Crippen molar-refractivity contribution in [3.63, 3.8) is 0 Å². The Morgan fingerprint density at radius 3 is 2.30 bits per heavy atom. The zero-order valence-electron chi connectivity index (χ0n) is 12.8. The second kappa shape index (κ2) is 6.43. The molecule has 2 fully saturated rings. The summed E-state index contributed by atoms with van der Waals surface area (Å²) in [6.45, 7) is 4.69. The maximum Gasteiger partial charge on any atom is 0.0343 e. The molecule has 1 nitrogen and oxygen atoms in total. The molecule has 1 N–H and O–H groups in total. The van der Waals surface area contributed by atoms with Crippen LogP contribution in [0.15, 0.2) is 29.2 Å². The lowest BCUT2D eigenvalue weighted by Crippen LogP contribution is -2.37. The van der Waals surface area contributed by atoms with Gasteiger partial charge >= 0.3 is 0 Å². The highest BCUT2D eigenvalue weighted by atomic mass is 32.2. The van der Waals surface area contributed by atoms with Crippen LogP contribution in [0.3, 0.4) is 0 Å². The van der Waals surface area contributed by atoms with E-state index in [1.807, 2.05) is 0 Å². The fraction of sp³-hybridized carbons (Fsp3) is 0.667. The van der Waals surface area contributed by atoms with Crippen LogP contribution in [0.25, 0.3) is 0 Å². The Balaban J connectivity index is 1.47. The smallest absolute Gasteiger partial charge is 0.0343 e. The summed E-state index contributed by atoms with van der Waals surface area (Å²) in [7, 11) is 0. The minimum absolute atomic E-state index is 0.704. The molecule has 2 aliphatic rings. The summed E-state index contributed by atoms with van der Waals surface area (Å²) in [5, 5.41) is 4.54. The first kappa shape index (κ1) is 14.3. The largest absolute Gasteiger partial charge is 0.382 e. The molecule has 0 atom stereocenters. The predicted molar refractivity (Wildman–Crippen MR) is 89.5 cm³/mol. The van der Waals surface area contributed by atoms with Crippen molar-refractivity contribution < 1.29 is 0 Å². The Morgan fingerprint density at radius 1 is 1.05 bits per heavy atom. The summed E-state index contributed by atoms with van der Waals surface area (Å²) < 4.78 is 0. The van der Waals surface area contributed by atoms with Gasteiger partial charge in [0.25, 0.3) is 0 Å². The Labute approximate surface area is 127 Å². The van der Waals surface area contributed by atoms with Gasteiger partial charge in [-0.3, -0.25) is 0 Å². The van der Waals surface area contributed by atoms with E-state index in [-0.39, 0.29) is 0 Å². The van der Waals surface area contributed by atoms with Crippen molar-refractivity contribution in [2.45, 2.75) is 68.6 Å². The summed E-state index contributed by atoms with van der Waals surface area (Å²) in [4.78, 5) is 1.44. The van der Waals surface area contributed by atoms with Crippen LogP contribution < -0.4 is 5.32 Å². The second-order valence-electron chi connectivity index (χ2n) is 6.87. The maximum absolute atomic E-state index is 3.67. The number of nitrogens with one attached hydrogen (secondary N) is 1. The topological polar surface area (TPSA) is 12.0 Å². The van der Waals surface area contributed by atoms with Crippen molar-refractivity contribution in [3.8, 4) is 0 Å². The summed E-state index contributed by atoms with van der Waals surface area (Å²) in [5.74, 6) is 1.78. The van der Waals surface area contributed by atoms with Crippen molar-refractivity contribution in [1.82, 2.24) is 0 Å². The van der Waals surface area contributed by atoms with Gasteiger partial charge in [-0.2, -0.15) is 0 Å². The monoisotopic (exact) mass is 289 g/mol. The van der Waals surface area contributed by atoms with E-state index in [1.165, 1.54) is 49.1 Å². The molecule has 0 heterocycles. The molecule has 1 aromatic rings. The molecule has 2 saturated carbocycles. The Hall–Kier alpha value is -0.630. The van der Waals surface area contributed by atoms with Crippen LogP contribution in [0.1, 0.15) is 52.4 Å². The van der Waals surface area contributed by atoms with E-state index in [9.17, 15) is 0 Å².